The van der Waals surface area contributed by atoms with E-state index in [1.807, 2.05) is 0 Å². The Hall–Kier alpha value is -10.5. The molecule has 1 fully saturated rings. The summed E-state index contributed by atoms with van der Waals surface area (Å²) in [6.07, 6.45) is 14.9. The number of rotatable bonds is 13. The first kappa shape index (κ1) is 66.0. The van der Waals surface area contributed by atoms with Crippen LogP contribution in [-0.2, 0) is 5.41 Å². The Labute approximate surface area is 607 Å². The lowest BCUT2D eigenvalue weighted by Gasteiger charge is -2.52. The van der Waals surface area contributed by atoms with Gasteiger partial charge in [0.05, 0.1) is 17.4 Å². The predicted molar refractivity (Wildman–Crippen MR) is 436 cm³/mol. The average molecular weight is 1320 g/mol. The zero-order valence-electron chi connectivity index (χ0n) is 61.7. The molecule has 12 aromatic rings. The van der Waals surface area contributed by atoms with Crippen molar-refractivity contribution in [2.45, 2.75) is 139 Å². The smallest absolute Gasteiger partial charge is 0.0748 e. The molecule has 4 aliphatic rings. The minimum atomic E-state index is -0.155. The standard InChI is InChI=1S/C100H94N2/c1-62-49-66(5)95(67(6)50-62)77-30-24-27-74(57-77)83-33-14-18-37-90(83)101(91-38-19-15-34-84(91)75-28-25-31-78(58-75)96-68(7)51-63(2)52-69(96)8)82-43-41-81(42-44-82)100(47-22-13-23-48-100)89-45-46-94-99-87(60-80(61-88(89)99)98-72(11)55-65(4)56-73(98)12)86-36-17-21-40-93(86)102(94)92-39-20-16-35-85(92)76-29-26-32-79(59-76)97-70(9)53-64(3)54-71(97)10/h14-21,24-46,49-60,87,89,94H,13,22-23,47-48,61H2,1-12H3. The SMILES string of the molecule is Cc1cc(C)c(C2=CC3C4=C(C2)C(C2(c5ccc(N(c6ccccc6-c6cccc(-c7c(C)cc(C)cc7C)c6)c6ccccc6-c6cccc(-c7c(C)cc(C)cc7C)c6)cc5)CCCCC2)C=CC4N(c2ccccc2-c2cccc(-c4c(C)cc(C)cc4C)c2)c2ccccc23)c(C)c1. The molecule has 12 aromatic carbocycles. The van der Waals surface area contributed by atoms with Crippen molar-refractivity contribution in [1.29, 1.82) is 0 Å². The number of hydrogen-bond donors (Lipinski definition) is 0. The lowest BCUT2D eigenvalue weighted by molar-refractivity contribution is 0.239. The van der Waals surface area contributed by atoms with Gasteiger partial charge in [0, 0.05) is 51.0 Å². The van der Waals surface area contributed by atoms with Crippen molar-refractivity contribution in [3.05, 3.63) is 355 Å². The molecule has 3 unspecified atom stereocenters. The number of benzene rings is 12. The van der Waals surface area contributed by atoms with Gasteiger partial charge in [-0.05, 0) is 279 Å². The van der Waals surface area contributed by atoms with Gasteiger partial charge in [0.1, 0.15) is 0 Å². The average Bonchev–Trinajstić information content (AvgIpc) is 0.701. The molecule has 16 rings (SSSR count). The van der Waals surface area contributed by atoms with Gasteiger partial charge in [0.15, 0.2) is 0 Å². The highest BCUT2D eigenvalue weighted by molar-refractivity contribution is 5.96. The molecule has 2 nitrogen and oxygen atoms in total. The van der Waals surface area contributed by atoms with E-state index in [1.165, 1.54) is 186 Å². The van der Waals surface area contributed by atoms with Crippen molar-refractivity contribution in [3.63, 3.8) is 0 Å². The van der Waals surface area contributed by atoms with Gasteiger partial charge in [-0.25, -0.2) is 0 Å². The molecule has 1 saturated carbocycles. The quantitative estimate of drug-likeness (QED) is 0.106. The highest BCUT2D eigenvalue weighted by Crippen LogP contribution is 2.61. The maximum absolute atomic E-state index is 2.73. The van der Waals surface area contributed by atoms with Crippen LogP contribution in [-0.4, -0.2) is 6.04 Å². The monoisotopic (exact) mass is 1320 g/mol. The van der Waals surface area contributed by atoms with Crippen LogP contribution in [0.4, 0.5) is 28.4 Å². The van der Waals surface area contributed by atoms with Gasteiger partial charge in [-0.2, -0.15) is 0 Å². The number of fused-ring (bicyclic) bond motifs is 2. The van der Waals surface area contributed by atoms with Crippen LogP contribution in [0.3, 0.4) is 0 Å². The van der Waals surface area contributed by atoms with E-state index in [-0.39, 0.29) is 23.3 Å². The molecule has 0 radical (unpaired) electrons. The number of hydrogen-bond acceptors (Lipinski definition) is 2. The van der Waals surface area contributed by atoms with Crippen LogP contribution in [0, 0.1) is 89.0 Å². The third kappa shape index (κ3) is 11.7. The Morgan fingerprint density at radius 1 is 0.353 bits per heavy atom. The summed E-state index contributed by atoms with van der Waals surface area (Å²) in [4.78, 5) is 5.30. The minimum absolute atomic E-state index is 0.00746. The first-order chi connectivity index (χ1) is 49.5. The lowest BCUT2D eigenvalue weighted by Crippen LogP contribution is -2.46. The van der Waals surface area contributed by atoms with Gasteiger partial charge in [-0.15, -0.1) is 0 Å². The van der Waals surface area contributed by atoms with Crippen molar-refractivity contribution in [2.24, 2.45) is 5.92 Å². The first-order valence-electron chi connectivity index (χ1n) is 37.3. The summed E-state index contributed by atoms with van der Waals surface area (Å²) in [6.45, 7) is 27.1. The van der Waals surface area contributed by atoms with Crippen molar-refractivity contribution in [2.75, 3.05) is 9.80 Å². The Morgan fingerprint density at radius 2 is 0.755 bits per heavy atom. The second kappa shape index (κ2) is 26.8. The second-order valence-corrected chi connectivity index (χ2v) is 30.6. The van der Waals surface area contributed by atoms with Gasteiger partial charge < -0.3 is 9.80 Å². The molecule has 1 aliphatic heterocycles. The van der Waals surface area contributed by atoms with Gasteiger partial charge >= 0.3 is 0 Å². The van der Waals surface area contributed by atoms with E-state index in [1.54, 1.807) is 11.1 Å². The summed E-state index contributed by atoms with van der Waals surface area (Å²) in [7, 11) is 0. The number of nitrogens with zero attached hydrogens (tertiary/aromatic N) is 2. The van der Waals surface area contributed by atoms with Crippen LogP contribution in [0.25, 0.3) is 72.3 Å². The summed E-state index contributed by atoms with van der Waals surface area (Å²) in [5.74, 6) is 0.274. The summed E-state index contributed by atoms with van der Waals surface area (Å²) < 4.78 is 0. The molecule has 3 atom stereocenters. The molecule has 0 bridgehead atoms. The van der Waals surface area contributed by atoms with Crippen LogP contribution >= 0.6 is 0 Å². The zero-order chi connectivity index (χ0) is 70.2. The summed E-state index contributed by atoms with van der Waals surface area (Å²) in [5.41, 5.74) is 45.3. The van der Waals surface area contributed by atoms with Crippen LogP contribution in [0.1, 0.15) is 128 Å². The Bertz CT molecular complexity index is 5170. The third-order valence-electron chi connectivity index (χ3n) is 23.4. The normalized spacial score (nSPS) is 16.7. The Morgan fingerprint density at radius 3 is 1.24 bits per heavy atom. The number of aryl methyl sites for hydroxylation is 12. The Kier molecular flexibility index (Phi) is 17.3. The molecule has 2 heteroatoms. The largest absolute Gasteiger partial charge is 0.330 e. The fourth-order valence-electron chi connectivity index (χ4n) is 19.7. The predicted octanol–water partition coefficient (Wildman–Crippen LogP) is 27.3. The summed E-state index contributed by atoms with van der Waals surface area (Å²) >= 11 is 0. The van der Waals surface area contributed by atoms with E-state index < -0.39 is 0 Å². The molecular formula is C100H94N2. The summed E-state index contributed by atoms with van der Waals surface area (Å²) in [5, 5.41) is 0. The molecule has 0 saturated heterocycles. The van der Waals surface area contributed by atoms with Gasteiger partial charge in [0.2, 0.25) is 0 Å². The van der Waals surface area contributed by atoms with Crippen molar-refractivity contribution in [1.82, 2.24) is 0 Å². The van der Waals surface area contributed by atoms with E-state index in [2.05, 4.69) is 354 Å². The lowest BCUT2D eigenvalue weighted by atomic mass is 9.55. The zero-order valence-corrected chi connectivity index (χ0v) is 61.7. The number of allylic oxidation sites excluding steroid dienone is 4. The maximum Gasteiger partial charge on any atom is 0.0748 e. The van der Waals surface area contributed by atoms with Crippen molar-refractivity contribution in [3.8, 4) is 66.8 Å². The maximum atomic E-state index is 2.73. The number of para-hydroxylation sites is 4. The molecule has 1 heterocycles. The van der Waals surface area contributed by atoms with E-state index in [0.29, 0.717) is 0 Å². The van der Waals surface area contributed by atoms with Gasteiger partial charge in [-0.1, -0.05) is 253 Å². The van der Waals surface area contributed by atoms with E-state index in [0.717, 1.165) is 36.3 Å². The van der Waals surface area contributed by atoms with Crippen LogP contribution in [0.15, 0.2) is 272 Å². The van der Waals surface area contributed by atoms with Crippen LogP contribution < -0.4 is 9.80 Å². The number of anilines is 5. The molecule has 3 aliphatic carbocycles. The minimum Gasteiger partial charge on any atom is -0.330 e. The van der Waals surface area contributed by atoms with E-state index in [9.17, 15) is 0 Å². The van der Waals surface area contributed by atoms with E-state index in [4.69, 9.17) is 0 Å². The second-order valence-electron chi connectivity index (χ2n) is 30.6. The fourth-order valence-corrected chi connectivity index (χ4v) is 19.7. The van der Waals surface area contributed by atoms with Crippen molar-refractivity contribution < 1.29 is 0 Å². The van der Waals surface area contributed by atoms with Crippen molar-refractivity contribution >= 4 is 34.0 Å². The molecule has 504 valence electrons. The molecule has 102 heavy (non-hydrogen) atoms. The fraction of sp³-hybridized carbons (Fsp3) is 0.220. The first-order valence-corrected chi connectivity index (χ1v) is 37.3. The third-order valence-corrected chi connectivity index (χ3v) is 23.4. The highest BCUT2D eigenvalue weighted by Gasteiger charge is 2.49. The van der Waals surface area contributed by atoms with Gasteiger partial charge in [0.25, 0.3) is 0 Å². The van der Waals surface area contributed by atoms with Crippen LogP contribution in [0.2, 0.25) is 0 Å². The molecule has 0 aromatic heterocycles. The van der Waals surface area contributed by atoms with Gasteiger partial charge in [-0.3, -0.25) is 0 Å². The molecule has 0 N–H and O–H groups in total. The molecular weight excluding hydrogens is 1230 g/mol. The van der Waals surface area contributed by atoms with E-state index >= 15 is 0 Å². The highest BCUT2D eigenvalue weighted by atomic mass is 15.2. The summed E-state index contributed by atoms with van der Waals surface area (Å²) in [6, 6.07) is 93.7. The van der Waals surface area contributed by atoms with Crippen LogP contribution in [0.5, 0.6) is 0 Å². The molecule has 0 amide bonds. The topological polar surface area (TPSA) is 6.48 Å². The molecule has 0 spiro atoms. The Balaban J connectivity index is 0.859.